The highest BCUT2D eigenvalue weighted by atomic mass is 31.2. The van der Waals surface area contributed by atoms with Crippen molar-refractivity contribution < 1.29 is 52.1 Å². The largest absolute Gasteiger partial charge is 0.473 e. The van der Waals surface area contributed by atoms with Gasteiger partial charge in [0.25, 0.3) is 22.9 Å². The number of rotatable bonds is 12. The van der Waals surface area contributed by atoms with Crippen molar-refractivity contribution in [1.82, 2.24) is 19.9 Å². The average Bonchev–Trinajstić information content (AvgIpc) is 2.78. The van der Waals surface area contributed by atoms with Gasteiger partial charge in [-0.05, 0) is 0 Å². The maximum atomic E-state index is 12.3. The minimum Gasteiger partial charge on any atom is -0.393 e. The zero-order chi connectivity index (χ0) is 28.0. The Labute approximate surface area is 201 Å². The van der Waals surface area contributed by atoms with E-state index in [9.17, 15) is 47.9 Å². The number of phosphoric ester groups is 2. The molecule has 0 saturated heterocycles. The molecule has 0 aliphatic heterocycles. The molecule has 3 atom stereocenters. The van der Waals surface area contributed by atoms with Crippen LogP contribution in [0, 0.1) is 0 Å². The lowest BCUT2D eigenvalue weighted by molar-refractivity contribution is -0.127. The van der Waals surface area contributed by atoms with Gasteiger partial charge >= 0.3 is 27.0 Å². The number of aliphatic hydroxyl groups excluding tert-OH is 1. The third-order valence-corrected chi connectivity index (χ3v) is 5.34. The van der Waals surface area contributed by atoms with Gasteiger partial charge in [-0.2, -0.15) is 0 Å². The van der Waals surface area contributed by atoms with E-state index in [1.165, 1.54) is 0 Å². The molecule has 21 nitrogen and oxygen atoms in total. The van der Waals surface area contributed by atoms with E-state index in [2.05, 4.69) is 13.6 Å². The molecule has 0 aliphatic rings. The number of aromatic nitrogens is 4. The Hall–Kier alpha value is -3.52. The predicted molar refractivity (Wildman–Crippen MR) is 117 cm³/mol. The molecule has 2 aromatic rings. The molecule has 23 heteroatoms. The molecular formula is C14H18N6O15P2. The van der Waals surface area contributed by atoms with E-state index in [0.29, 0.717) is 0 Å². The van der Waals surface area contributed by atoms with Crippen LogP contribution in [0.2, 0.25) is 0 Å². The monoisotopic (exact) mass is 572 g/mol. The summed E-state index contributed by atoms with van der Waals surface area (Å²) in [7, 11) is -10.8. The molecule has 0 spiro atoms. The maximum Gasteiger partial charge on any atom is 0.473 e. The first-order valence-electron chi connectivity index (χ1n) is 9.36. The van der Waals surface area contributed by atoms with Crippen LogP contribution in [0.3, 0.4) is 0 Å². The Morgan fingerprint density at radius 3 is 1.70 bits per heavy atom. The highest BCUT2D eigenvalue weighted by Crippen LogP contribution is 2.46. The smallest absolute Gasteiger partial charge is 0.393 e. The molecule has 0 saturated carbocycles. The SMILES string of the molecule is O=C(Nc1c[nH]c(=O)[nH]c1=O)[C@@H](COP(=O)(O)O[C@H](CO)C(=O)Nc1c[nH]c(=O)[nH]c1=O)OP(=O)(O)O. The summed E-state index contributed by atoms with van der Waals surface area (Å²) in [5.74, 6) is -2.86. The fraction of sp³-hybridized carbons (Fsp3) is 0.286. The van der Waals surface area contributed by atoms with Crippen molar-refractivity contribution in [3.63, 3.8) is 0 Å². The predicted octanol–water partition coefficient (Wildman–Crippen LogP) is -4.01. The van der Waals surface area contributed by atoms with Crippen LogP contribution in [0.25, 0.3) is 0 Å². The number of hydrogen-bond acceptors (Lipinski definition) is 12. The first-order valence-corrected chi connectivity index (χ1v) is 12.4. The number of H-pyrrole nitrogens is 4. The first kappa shape index (κ1) is 29.7. The average molecular weight is 572 g/mol. The van der Waals surface area contributed by atoms with Crippen LogP contribution < -0.4 is 33.1 Å². The fourth-order valence-corrected chi connectivity index (χ4v) is 3.63. The summed E-state index contributed by atoms with van der Waals surface area (Å²) in [6, 6.07) is 0. The van der Waals surface area contributed by atoms with Gasteiger partial charge in [0.2, 0.25) is 0 Å². The van der Waals surface area contributed by atoms with Crippen LogP contribution >= 0.6 is 15.6 Å². The molecule has 2 heterocycles. The molecule has 2 amide bonds. The Kier molecular flexibility index (Phi) is 9.75. The molecular weight excluding hydrogens is 554 g/mol. The van der Waals surface area contributed by atoms with Crippen LogP contribution in [-0.4, -0.2) is 77.0 Å². The van der Waals surface area contributed by atoms with Crippen molar-refractivity contribution >= 4 is 38.8 Å². The van der Waals surface area contributed by atoms with E-state index >= 15 is 0 Å². The highest BCUT2D eigenvalue weighted by Gasteiger charge is 2.35. The molecule has 0 aromatic carbocycles. The maximum absolute atomic E-state index is 12.3. The number of nitrogens with one attached hydrogen (secondary N) is 6. The van der Waals surface area contributed by atoms with E-state index in [4.69, 9.17) is 9.79 Å². The van der Waals surface area contributed by atoms with Crippen LogP contribution in [0.15, 0.2) is 31.6 Å². The lowest BCUT2D eigenvalue weighted by Crippen LogP contribution is -2.37. The zero-order valence-electron chi connectivity index (χ0n) is 17.9. The minimum atomic E-state index is -5.44. The molecule has 1 unspecified atom stereocenters. The number of amides is 2. The van der Waals surface area contributed by atoms with E-state index in [1.807, 2.05) is 20.6 Å². The second-order valence-electron chi connectivity index (χ2n) is 6.58. The van der Waals surface area contributed by atoms with Crippen molar-refractivity contribution in [2.24, 2.45) is 0 Å². The van der Waals surface area contributed by atoms with E-state index in [-0.39, 0.29) is 0 Å². The van der Waals surface area contributed by atoms with Crippen molar-refractivity contribution in [1.29, 1.82) is 0 Å². The number of hydrogen-bond donors (Lipinski definition) is 10. The summed E-state index contributed by atoms with van der Waals surface area (Å²) in [5.41, 5.74) is -5.19. The quantitative estimate of drug-likeness (QED) is 0.108. The number of anilines is 2. The van der Waals surface area contributed by atoms with Crippen molar-refractivity contribution in [2.75, 3.05) is 23.8 Å². The number of aliphatic hydroxyl groups is 1. The van der Waals surface area contributed by atoms with Gasteiger partial charge < -0.3 is 40.4 Å². The normalized spacial score (nSPS) is 14.8. The van der Waals surface area contributed by atoms with Gasteiger partial charge in [0.15, 0.2) is 12.2 Å². The lowest BCUT2D eigenvalue weighted by atomic mass is 10.3. The Balaban J connectivity index is 2.11. The van der Waals surface area contributed by atoms with Crippen molar-refractivity contribution in [3.8, 4) is 0 Å². The van der Waals surface area contributed by atoms with Gasteiger partial charge in [0.05, 0.1) is 13.2 Å². The second-order valence-corrected chi connectivity index (χ2v) is 9.17. The molecule has 204 valence electrons. The summed E-state index contributed by atoms with van der Waals surface area (Å²) in [6.07, 6.45) is -3.03. The number of aromatic amines is 4. The van der Waals surface area contributed by atoms with Gasteiger partial charge in [0.1, 0.15) is 11.4 Å². The molecule has 0 fully saturated rings. The van der Waals surface area contributed by atoms with Gasteiger partial charge in [-0.1, -0.05) is 0 Å². The standard InChI is InChI=1S/C14H18N6O15P2/c21-3-7(11(24)17-5-1-15-13(26)19-9(5)22)35-37(31,32)33-4-8(34-36(28,29)30)12(25)18-6-2-16-14(27)20-10(6)23/h1-2,7-8,21H,3-4H2,(H,17,24)(H,18,25)(H,31,32)(H2,28,29,30)(H2,15,19,22,26)(H2,16,20,23,27)/t7-,8-/m1/s1. The van der Waals surface area contributed by atoms with Gasteiger partial charge in [-0.25, -0.2) is 18.7 Å². The van der Waals surface area contributed by atoms with Crippen LogP contribution in [-0.2, 0) is 32.3 Å². The molecule has 2 rings (SSSR count). The van der Waals surface area contributed by atoms with Gasteiger partial charge in [0, 0.05) is 12.4 Å². The highest BCUT2D eigenvalue weighted by molar-refractivity contribution is 7.47. The van der Waals surface area contributed by atoms with E-state index in [1.54, 1.807) is 9.97 Å². The van der Waals surface area contributed by atoms with Gasteiger partial charge in [-0.15, -0.1) is 0 Å². The summed E-state index contributed by atoms with van der Waals surface area (Å²) in [4.78, 5) is 105. The third-order valence-electron chi connectivity index (χ3n) is 3.82. The summed E-state index contributed by atoms with van der Waals surface area (Å²) < 4.78 is 36.5. The van der Waals surface area contributed by atoms with Crippen LogP contribution in [0.1, 0.15) is 0 Å². The molecule has 37 heavy (non-hydrogen) atoms. The molecule has 2 aromatic heterocycles. The Bertz CT molecular complexity index is 1470. The minimum absolute atomic E-state index is 0.538. The van der Waals surface area contributed by atoms with Crippen molar-refractivity contribution in [2.45, 2.75) is 12.2 Å². The molecule has 0 radical (unpaired) electrons. The Morgan fingerprint density at radius 2 is 1.30 bits per heavy atom. The summed E-state index contributed by atoms with van der Waals surface area (Å²) in [5, 5.41) is 13.0. The summed E-state index contributed by atoms with van der Waals surface area (Å²) >= 11 is 0. The molecule has 10 N–H and O–H groups in total. The number of carbonyl (C=O) groups excluding carboxylic acids is 2. The molecule has 0 bridgehead atoms. The second kappa shape index (κ2) is 12.1. The third kappa shape index (κ3) is 9.46. The van der Waals surface area contributed by atoms with Crippen LogP contribution in [0.5, 0.6) is 0 Å². The zero-order valence-corrected chi connectivity index (χ0v) is 19.7. The fourth-order valence-electron chi connectivity index (χ4n) is 2.27. The summed E-state index contributed by atoms with van der Waals surface area (Å²) in [6.45, 7) is -2.66. The van der Waals surface area contributed by atoms with Crippen molar-refractivity contribution in [3.05, 3.63) is 54.1 Å². The van der Waals surface area contributed by atoms with E-state index in [0.717, 1.165) is 12.4 Å². The van der Waals surface area contributed by atoms with Gasteiger partial charge in [-0.3, -0.25) is 42.7 Å². The van der Waals surface area contributed by atoms with E-state index < -0.39 is 86.8 Å². The molecule has 0 aliphatic carbocycles. The first-order chi connectivity index (χ1) is 17.1. The lowest BCUT2D eigenvalue weighted by Gasteiger charge is -2.21. The topological polar surface area (TPSA) is 332 Å². The number of carbonyl (C=O) groups is 2. The Morgan fingerprint density at radius 1 is 0.838 bits per heavy atom. The van der Waals surface area contributed by atoms with Crippen LogP contribution in [0.4, 0.5) is 11.4 Å². The number of phosphoric acid groups is 2.